The van der Waals surface area contributed by atoms with Gasteiger partial charge in [-0.2, -0.15) is 0 Å². The molecule has 0 radical (unpaired) electrons. The second kappa shape index (κ2) is 4.33. The Morgan fingerprint density at radius 3 is 2.50 bits per heavy atom. The zero-order valence-corrected chi connectivity index (χ0v) is 8.20. The Labute approximate surface area is 84.3 Å². The van der Waals surface area contributed by atoms with Gasteiger partial charge < -0.3 is 15.6 Å². The molecule has 0 aromatic heterocycles. The van der Waals surface area contributed by atoms with E-state index in [4.69, 9.17) is 0 Å². The summed E-state index contributed by atoms with van der Waals surface area (Å²) in [6, 6.07) is 7.70. The summed E-state index contributed by atoms with van der Waals surface area (Å²) in [4.78, 5) is 2.28. The van der Waals surface area contributed by atoms with E-state index < -0.39 is 0 Å². The Bertz CT molecular complexity index is 295. The average Bonchev–Trinajstić information content (AvgIpc) is 2.30. The summed E-state index contributed by atoms with van der Waals surface area (Å²) in [5, 5.41) is 10.7. The molecule has 0 bridgehead atoms. The molecule has 0 atom stereocenters. The van der Waals surface area contributed by atoms with Crippen molar-refractivity contribution in [3.63, 3.8) is 0 Å². The number of para-hydroxylation sites is 2. The summed E-state index contributed by atoms with van der Waals surface area (Å²) in [6.07, 6.45) is 3.77. The Morgan fingerprint density at radius 2 is 1.79 bits per heavy atom. The van der Waals surface area contributed by atoms with E-state index >= 15 is 0 Å². The smallest absolute Gasteiger partial charge is 0.0594 e. The fraction of sp³-hybridized carbons (Fsp3) is 0.455. The first kappa shape index (κ1) is 9.34. The monoisotopic (exact) mass is 191 g/mol. The third-order valence-electron chi connectivity index (χ3n) is 2.71. The maximum absolute atomic E-state index is 10.7. The Kier molecular flexibility index (Phi) is 2.89. The van der Waals surface area contributed by atoms with Crippen molar-refractivity contribution in [3.05, 3.63) is 29.5 Å². The third kappa shape index (κ3) is 1.82. The molecule has 1 fully saturated rings. The lowest BCUT2D eigenvalue weighted by molar-refractivity contribution is 0.578. The van der Waals surface area contributed by atoms with Gasteiger partial charge in [-0.15, -0.1) is 0 Å². The van der Waals surface area contributed by atoms with Gasteiger partial charge in [0.1, 0.15) is 0 Å². The molecule has 2 rings (SSSR count). The molecule has 1 aromatic carbocycles. The number of nitrogens with zero attached hydrogens (tertiary/aromatic N) is 1. The lowest BCUT2D eigenvalue weighted by Crippen LogP contribution is -2.29. The van der Waals surface area contributed by atoms with E-state index in [-0.39, 0.29) is 0 Å². The third-order valence-corrected chi connectivity index (χ3v) is 2.71. The summed E-state index contributed by atoms with van der Waals surface area (Å²) in [7, 11) is 0. The summed E-state index contributed by atoms with van der Waals surface area (Å²) < 4.78 is 0. The lowest BCUT2D eigenvalue weighted by Gasteiger charge is -2.31. The maximum atomic E-state index is 10.7. The Hall–Kier alpha value is -1.22. The second-order valence-electron chi connectivity index (χ2n) is 3.67. The SMILES string of the molecule is [O-]Nc1ccccc1N1CCCCC1. The molecule has 0 aliphatic carbocycles. The van der Waals surface area contributed by atoms with Crippen LogP contribution < -0.4 is 10.4 Å². The van der Waals surface area contributed by atoms with Crippen molar-refractivity contribution in [1.29, 1.82) is 0 Å². The van der Waals surface area contributed by atoms with Crippen molar-refractivity contribution in [2.75, 3.05) is 23.5 Å². The topological polar surface area (TPSA) is 38.3 Å². The fourth-order valence-corrected chi connectivity index (χ4v) is 1.97. The van der Waals surface area contributed by atoms with Crippen molar-refractivity contribution in [2.24, 2.45) is 0 Å². The molecule has 0 spiro atoms. The minimum atomic E-state index is 0.689. The molecule has 76 valence electrons. The molecule has 1 saturated heterocycles. The molecule has 1 aromatic rings. The van der Waals surface area contributed by atoms with Crippen LogP contribution in [0.15, 0.2) is 24.3 Å². The number of nitrogens with one attached hydrogen (secondary N) is 1. The van der Waals surface area contributed by atoms with E-state index in [1.54, 1.807) is 0 Å². The van der Waals surface area contributed by atoms with Crippen LogP contribution in [0, 0.1) is 5.21 Å². The van der Waals surface area contributed by atoms with Gasteiger partial charge in [0.25, 0.3) is 0 Å². The van der Waals surface area contributed by atoms with Gasteiger partial charge in [0, 0.05) is 18.8 Å². The molecular formula is C11H15N2O-. The minimum Gasteiger partial charge on any atom is -0.761 e. The van der Waals surface area contributed by atoms with Crippen molar-refractivity contribution >= 4 is 11.4 Å². The summed E-state index contributed by atoms with van der Waals surface area (Å²) >= 11 is 0. The highest BCUT2D eigenvalue weighted by Crippen LogP contribution is 2.27. The summed E-state index contributed by atoms with van der Waals surface area (Å²) in [6.45, 7) is 2.14. The number of piperidine rings is 1. The molecule has 3 nitrogen and oxygen atoms in total. The van der Waals surface area contributed by atoms with Crippen LogP contribution >= 0.6 is 0 Å². The van der Waals surface area contributed by atoms with E-state index in [1.807, 2.05) is 29.7 Å². The molecule has 0 unspecified atom stereocenters. The zero-order chi connectivity index (χ0) is 9.80. The number of rotatable bonds is 2. The molecule has 3 heteroatoms. The van der Waals surface area contributed by atoms with Crippen molar-refractivity contribution in [2.45, 2.75) is 19.3 Å². The first-order chi connectivity index (χ1) is 6.92. The number of hydrogen-bond donors (Lipinski definition) is 1. The standard InChI is InChI=1S/C11H15N2O/c14-12-10-6-2-3-7-11(10)13-8-4-1-5-9-13/h2-3,6-7,12H,1,4-5,8-9H2/q-1. The van der Waals surface area contributed by atoms with Gasteiger partial charge in [0.15, 0.2) is 0 Å². The second-order valence-corrected chi connectivity index (χ2v) is 3.67. The van der Waals surface area contributed by atoms with Crippen LogP contribution in [0.5, 0.6) is 0 Å². The number of hydrogen-bond acceptors (Lipinski definition) is 3. The van der Waals surface area contributed by atoms with Gasteiger partial charge in [-0.25, -0.2) is 0 Å². The van der Waals surface area contributed by atoms with Gasteiger partial charge >= 0.3 is 0 Å². The van der Waals surface area contributed by atoms with E-state index in [2.05, 4.69) is 4.90 Å². The molecule has 1 aliphatic heterocycles. The van der Waals surface area contributed by atoms with Crippen molar-refractivity contribution in [1.82, 2.24) is 0 Å². The van der Waals surface area contributed by atoms with E-state index in [1.165, 1.54) is 19.3 Å². The first-order valence-electron chi connectivity index (χ1n) is 5.14. The van der Waals surface area contributed by atoms with Crippen LogP contribution in [0.4, 0.5) is 11.4 Å². The van der Waals surface area contributed by atoms with Crippen LogP contribution in [0.3, 0.4) is 0 Å². The Morgan fingerprint density at radius 1 is 1.07 bits per heavy atom. The largest absolute Gasteiger partial charge is 0.761 e. The molecule has 1 N–H and O–H groups in total. The predicted octanol–water partition coefficient (Wildman–Crippen LogP) is 2.59. The maximum Gasteiger partial charge on any atom is 0.0594 e. The van der Waals surface area contributed by atoms with Crippen LogP contribution in [0.25, 0.3) is 0 Å². The van der Waals surface area contributed by atoms with E-state index in [0.29, 0.717) is 5.69 Å². The molecule has 1 aliphatic rings. The zero-order valence-electron chi connectivity index (χ0n) is 8.20. The predicted molar refractivity (Wildman–Crippen MR) is 59.5 cm³/mol. The van der Waals surface area contributed by atoms with Gasteiger partial charge in [-0.1, -0.05) is 12.1 Å². The average molecular weight is 191 g/mol. The molecule has 14 heavy (non-hydrogen) atoms. The van der Waals surface area contributed by atoms with Gasteiger partial charge in [-0.3, -0.25) is 0 Å². The van der Waals surface area contributed by atoms with E-state index in [9.17, 15) is 5.21 Å². The van der Waals surface area contributed by atoms with Crippen LogP contribution in [-0.2, 0) is 0 Å². The van der Waals surface area contributed by atoms with Crippen molar-refractivity contribution in [3.8, 4) is 0 Å². The molecule has 0 saturated carbocycles. The Balaban J connectivity index is 2.20. The lowest BCUT2D eigenvalue weighted by atomic mass is 10.1. The van der Waals surface area contributed by atoms with Gasteiger partial charge in [-0.05, 0) is 31.4 Å². The van der Waals surface area contributed by atoms with Gasteiger partial charge in [0.2, 0.25) is 0 Å². The highest BCUT2D eigenvalue weighted by atomic mass is 16.5. The number of anilines is 2. The van der Waals surface area contributed by atoms with Crippen LogP contribution in [0.2, 0.25) is 0 Å². The molecular weight excluding hydrogens is 176 g/mol. The molecule has 1 heterocycles. The summed E-state index contributed by atoms with van der Waals surface area (Å²) in [5.74, 6) is 0. The van der Waals surface area contributed by atoms with Crippen LogP contribution in [0.1, 0.15) is 19.3 Å². The minimum absolute atomic E-state index is 0.689. The highest BCUT2D eigenvalue weighted by molar-refractivity contribution is 5.70. The highest BCUT2D eigenvalue weighted by Gasteiger charge is 2.12. The quantitative estimate of drug-likeness (QED) is 0.730. The molecule has 0 amide bonds. The first-order valence-corrected chi connectivity index (χ1v) is 5.14. The fourth-order valence-electron chi connectivity index (χ4n) is 1.97. The summed E-state index contributed by atoms with van der Waals surface area (Å²) in [5.41, 5.74) is 3.73. The van der Waals surface area contributed by atoms with E-state index in [0.717, 1.165) is 18.8 Å². The van der Waals surface area contributed by atoms with Gasteiger partial charge in [0.05, 0.1) is 5.69 Å². The van der Waals surface area contributed by atoms with Crippen molar-refractivity contribution < 1.29 is 0 Å². The normalized spacial score (nSPS) is 16.8. The number of benzene rings is 1. The van der Waals surface area contributed by atoms with Crippen LogP contribution in [-0.4, -0.2) is 13.1 Å².